The predicted octanol–water partition coefficient (Wildman–Crippen LogP) is 3.29. The molecule has 0 spiro atoms. The van der Waals surface area contributed by atoms with E-state index in [1.54, 1.807) is 42.5 Å². The molecule has 2 heterocycles. The Bertz CT molecular complexity index is 1040. The van der Waals surface area contributed by atoms with Crippen molar-refractivity contribution in [3.05, 3.63) is 53.1 Å². The molecule has 30 heavy (non-hydrogen) atoms. The standard InChI is InChI=1S/C21H23ClN2O5S/c22-18-6-2-1-4-16(18)14-30(26,27)24-9-3-5-15(13-24)21(25)23-17-7-8-19-20(12-17)29-11-10-28-19/h1-2,4,6-8,12,15H,3,5,9-11,13-14H2,(H,23,25)/t15-/m1/s1. The van der Waals surface area contributed by atoms with Crippen LogP contribution in [-0.4, -0.2) is 44.9 Å². The lowest BCUT2D eigenvalue weighted by atomic mass is 9.98. The van der Waals surface area contributed by atoms with Crippen LogP contribution in [0.2, 0.25) is 5.02 Å². The van der Waals surface area contributed by atoms with Gasteiger partial charge in [0.05, 0.1) is 11.7 Å². The highest BCUT2D eigenvalue weighted by Crippen LogP contribution is 2.33. The summed E-state index contributed by atoms with van der Waals surface area (Å²) in [5.74, 6) is 0.432. The highest BCUT2D eigenvalue weighted by molar-refractivity contribution is 7.88. The molecule has 1 saturated heterocycles. The minimum Gasteiger partial charge on any atom is -0.486 e. The summed E-state index contributed by atoms with van der Waals surface area (Å²) in [6.45, 7) is 1.52. The van der Waals surface area contributed by atoms with Gasteiger partial charge in [0.25, 0.3) is 0 Å². The smallest absolute Gasteiger partial charge is 0.228 e. The normalized spacial score (nSPS) is 19.3. The van der Waals surface area contributed by atoms with E-state index < -0.39 is 15.9 Å². The third-order valence-corrected chi connectivity index (χ3v) is 7.42. The van der Waals surface area contributed by atoms with Gasteiger partial charge in [0.1, 0.15) is 13.2 Å². The average molecular weight is 451 g/mol. The number of carbonyl (C=O) groups is 1. The summed E-state index contributed by atoms with van der Waals surface area (Å²) >= 11 is 6.12. The number of ether oxygens (including phenoxy) is 2. The largest absolute Gasteiger partial charge is 0.486 e. The molecule has 1 amide bonds. The number of piperidine rings is 1. The van der Waals surface area contributed by atoms with Gasteiger partial charge in [-0.15, -0.1) is 0 Å². The van der Waals surface area contributed by atoms with Crippen molar-refractivity contribution in [1.82, 2.24) is 4.31 Å². The molecule has 0 radical (unpaired) electrons. The zero-order chi connectivity index (χ0) is 21.1. The number of nitrogens with one attached hydrogen (secondary N) is 1. The first-order valence-electron chi connectivity index (χ1n) is 9.84. The van der Waals surface area contributed by atoms with Crippen LogP contribution in [0.1, 0.15) is 18.4 Å². The monoisotopic (exact) mass is 450 g/mol. The number of amides is 1. The Labute approximate surface area is 181 Å². The average Bonchev–Trinajstić information content (AvgIpc) is 2.75. The van der Waals surface area contributed by atoms with E-state index in [9.17, 15) is 13.2 Å². The van der Waals surface area contributed by atoms with Gasteiger partial charge in [-0.1, -0.05) is 29.8 Å². The number of carbonyl (C=O) groups excluding carboxylic acids is 1. The van der Waals surface area contributed by atoms with Crippen LogP contribution in [0.5, 0.6) is 11.5 Å². The van der Waals surface area contributed by atoms with Crippen LogP contribution in [0.25, 0.3) is 0 Å². The van der Waals surface area contributed by atoms with Crippen molar-refractivity contribution in [1.29, 1.82) is 0 Å². The minimum absolute atomic E-state index is 0.156. The third kappa shape index (κ3) is 4.71. The van der Waals surface area contributed by atoms with Gasteiger partial charge in [-0.05, 0) is 36.6 Å². The Morgan fingerprint density at radius 2 is 1.90 bits per heavy atom. The molecule has 2 aliphatic rings. The molecule has 0 bridgehead atoms. The molecule has 160 valence electrons. The van der Waals surface area contributed by atoms with Crippen molar-refractivity contribution in [3.8, 4) is 11.5 Å². The summed E-state index contributed by atoms with van der Waals surface area (Å²) in [6, 6.07) is 12.1. The Balaban J connectivity index is 1.42. The van der Waals surface area contributed by atoms with Gasteiger partial charge in [0.2, 0.25) is 15.9 Å². The highest BCUT2D eigenvalue weighted by Gasteiger charge is 2.33. The predicted molar refractivity (Wildman–Crippen MR) is 114 cm³/mol. The number of hydrogen-bond acceptors (Lipinski definition) is 5. The molecule has 2 aromatic carbocycles. The van der Waals surface area contributed by atoms with Gasteiger partial charge in [0.15, 0.2) is 11.5 Å². The van der Waals surface area contributed by atoms with Crippen LogP contribution in [-0.2, 0) is 20.6 Å². The van der Waals surface area contributed by atoms with Gasteiger partial charge in [0, 0.05) is 29.9 Å². The molecule has 7 nitrogen and oxygen atoms in total. The molecule has 9 heteroatoms. The van der Waals surface area contributed by atoms with Gasteiger partial charge >= 0.3 is 0 Å². The number of benzene rings is 2. The third-order valence-electron chi connectivity index (χ3n) is 5.25. The zero-order valence-corrected chi connectivity index (χ0v) is 17.9. The summed E-state index contributed by atoms with van der Waals surface area (Å²) in [5.41, 5.74) is 1.15. The maximum absolute atomic E-state index is 12.9. The van der Waals surface area contributed by atoms with Crippen LogP contribution >= 0.6 is 11.6 Å². The maximum Gasteiger partial charge on any atom is 0.228 e. The number of halogens is 1. The highest BCUT2D eigenvalue weighted by atomic mass is 35.5. The Morgan fingerprint density at radius 3 is 2.70 bits per heavy atom. The second-order valence-electron chi connectivity index (χ2n) is 7.39. The van der Waals surface area contributed by atoms with Crippen molar-refractivity contribution in [2.45, 2.75) is 18.6 Å². The lowest BCUT2D eigenvalue weighted by molar-refractivity contribution is -0.120. The molecule has 1 fully saturated rings. The van der Waals surface area contributed by atoms with Gasteiger partial charge < -0.3 is 14.8 Å². The molecule has 0 aliphatic carbocycles. The lowest BCUT2D eigenvalue weighted by Crippen LogP contribution is -2.44. The van der Waals surface area contributed by atoms with Gasteiger partial charge in [-0.3, -0.25) is 4.79 Å². The molecule has 4 rings (SSSR count). The van der Waals surface area contributed by atoms with Crippen molar-refractivity contribution in [2.75, 3.05) is 31.6 Å². The molecule has 0 saturated carbocycles. The van der Waals surface area contributed by atoms with Crippen LogP contribution in [0, 0.1) is 5.92 Å². The number of nitrogens with zero attached hydrogens (tertiary/aromatic N) is 1. The van der Waals surface area contributed by atoms with E-state index in [1.807, 2.05) is 0 Å². The molecule has 2 aromatic rings. The fourth-order valence-corrected chi connectivity index (χ4v) is 5.60. The molecular formula is C21H23ClN2O5S. The van der Waals surface area contributed by atoms with Crippen LogP contribution in [0.15, 0.2) is 42.5 Å². The van der Waals surface area contributed by atoms with E-state index in [4.69, 9.17) is 21.1 Å². The number of fused-ring (bicyclic) bond motifs is 1. The van der Waals surface area contributed by atoms with Gasteiger partial charge in [-0.2, -0.15) is 0 Å². The molecule has 1 N–H and O–H groups in total. The summed E-state index contributed by atoms with van der Waals surface area (Å²) in [7, 11) is -3.58. The summed E-state index contributed by atoms with van der Waals surface area (Å²) in [6.07, 6.45) is 1.26. The van der Waals surface area contributed by atoms with Crippen LogP contribution in [0.3, 0.4) is 0 Å². The molecule has 0 unspecified atom stereocenters. The quantitative estimate of drug-likeness (QED) is 0.755. The Hall–Kier alpha value is -2.29. The first-order chi connectivity index (χ1) is 14.4. The van der Waals surface area contributed by atoms with Crippen LogP contribution in [0.4, 0.5) is 5.69 Å². The Kier molecular flexibility index (Phi) is 6.17. The lowest BCUT2D eigenvalue weighted by Gasteiger charge is -2.31. The van der Waals surface area contributed by atoms with Crippen molar-refractivity contribution >= 4 is 33.2 Å². The Morgan fingerprint density at radius 1 is 1.13 bits per heavy atom. The topological polar surface area (TPSA) is 84.9 Å². The summed E-state index contributed by atoms with van der Waals surface area (Å²) in [5, 5.41) is 3.30. The first-order valence-corrected chi connectivity index (χ1v) is 11.8. The van der Waals surface area contributed by atoms with E-state index >= 15 is 0 Å². The SMILES string of the molecule is O=C(Nc1ccc2c(c1)OCCO2)[C@@H]1CCCN(S(=O)(=O)Cc2ccccc2Cl)C1. The van der Waals surface area contributed by atoms with E-state index in [1.165, 1.54) is 4.31 Å². The van der Waals surface area contributed by atoms with E-state index in [-0.39, 0.29) is 18.2 Å². The molecule has 0 aromatic heterocycles. The fourth-order valence-electron chi connectivity index (χ4n) is 3.68. The summed E-state index contributed by atoms with van der Waals surface area (Å²) in [4.78, 5) is 12.8. The van der Waals surface area contributed by atoms with Crippen molar-refractivity contribution in [3.63, 3.8) is 0 Å². The maximum atomic E-state index is 12.9. The molecule has 2 aliphatic heterocycles. The second-order valence-corrected chi connectivity index (χ2v) is 9.77. The molecular weight excluding hydrogens is 428 g/mol. The van der Waals surface area contributed by atoms with E-state index in [0.717, 1.165) is 0 Å². The summed E-state index contributed by atoms with van der Waals surface area (Å²) < 4.78 is 38.2. The number of sulfonamides is 1. The first kappa shape index (κ1) is 21.0. The number of rotatable bonds is 5. The zero-order valence-electron chi connectivity index (χ0n) is 16.3. The minimum atomic E-state index is -3.58. The van der Waals surface area contributed by atoms with E-state index in [0.29, 0.717) is 60.4 Å². The van der Waals surface area contributed by atoms with Gasteiger partial charge in [-0.25, -0.2) is 12.7 Å². The molecule has 1 atom stereocenters. The fraction of sp³-hybridized carbons (Fsp3) is 0.381. The number of hydrogen-bond donors (Lipinski definition) is 1. The van der Waals surface area contributed by atoms with E-state index in [2.05, 4.69) is 5.32 Å². The number of anilines is 1. The van der Waals surface area contributed by atoms with Crippen molar-refractivity contribution < 1.29 is 22.7 Å². The van der Waals surface area contributed by atoms with Crippen LogP contribution < -0.4 is 14.8 Å². The second kappa shape index (κ2) is 8.83. The van der Waals surface area contributed by atoms with Crippen molar-refractivity contribution in [2.24, 2.45) is 5.92 Å².